The highest BCUT2D eigenvalue weighted by atomic mass is 32.2. The Labute approximate surface area is 217 Å². The van der Waals surface area contributed by atoms with Crippen LogP contribution in [-0.4, -0.2) is 49.5 Å². The molecule has 0 aliphatic carbocycles. The van der Waals surface area contributed by atoms with Crippen LogP contribution in [0.5, 0.6) is 11.5 Å². The molecule has 0 saturated carbocycles. The van der Waals surface area contributed by atoms with Gasteiger partial charge in [-0.3, -0.25) is 9.10 Å². The number of nitrogens with zero attached hydrogens (tertiary/aromatic N) is 1. The van der Waals surface area contributed by atoms with Gasteiger partial charge in [-0.05, 0) is 79.6 Å². The van der Waals surface area contributed by atoms with E-state index in [-0.39, 0.29) is 22.3 Å². The van der Waals surface area contributed by atoms with E-state index in [4.69, 9.17) is 14.6 Å². The van der Waals surface area contributed by atoms with Gasteiger partial charge >= 0.3 is 0 Å². The predicted octanol–water partition coefficient (Wildman–Crippen LogP) is 2.30. The molecule has 0 heterocycles. The van der Waals surface area contributed by atoms with Crippen LogP contribution in [0.15, 0.2) is 82.6 Å². The molecular formula is C25H29N3O7S2. The quantitative estimate of drug-likeness (QED) is 0.354. The van der Waals surface area contributed by atoms with Gasteiger partial charge in [0.1, 0.15) is 11.5 Å². The number of primary sulfonamides is 1. The summed E-state index contributed by atoms with van der Waals surface area (Å²) in [6.45, 7) is 2.46. The third-order valence-electron chi connectivity index (χ3n) is 5.35. The Balaban J connectivity index is 1.48. The van der Waals surface area contributed by atoms with Crippen LogP contribution in [0, 0.1) is 0 Å². The van der Waals surface area contributed by atoms with E-state index in [1.807, 2.05) is 6.92 Å². The van der Waals surface area contributed by atoms with Gasteiger partial charge < -0.3 is 14.8 Å². The number of hydrogen-bond acceptors (Lipinski definition) is 7. The molecule has 3 aromatic rings. The van der Waals surface area contributed by atoms with Gasteiger partial charge in [0.15, 0.2) is 6.61 Å². The van der Waals surface area contributed by atoms with Crippen molar-refractivity contribution in [1.29, 1.82) is 0 Å². The maximum atomic E-state index is 12.9. The minimum Gasteiger partial charge on any atom is -0.494 e. The number of amides is 1. The van der Waals surface area contributed by atoms with Crippen LogP contribution >= 0.6 is 0 Å². The van der Waals surface area contributed by atoms with Gasteiger partial charge in [-0.1, -0.05) is 12.1 Å². The van der Waals surface area contributed by atoms with Crippen LogP contribution in [0.3, 0.4) is 0 Å². The maximum absolute atomic E-state index is 12.9. The molecule has 198 valence electrons. The first-order valence-electron chi connectivity index (χ1n) is 11.3. The standard InChI is InChI=1S/C25H29N3O7S2/c1-3-34-21-10-14-24(15-11-21)37(32,33)28(2)20-6-8-22(9-7-20)35-18-25(29)27-17-16-19-4-12-23(13-5-19)36(26,30)31/h4-15H,3,16-18H2,1-2H3,(H,27,29)(H2,26,30,31). The summed E-state index contributed by atoms with van der Waals surface area (Å²) >= 11 is 0. The van der Waals surface area contributed by atoms with E-state index in [2.05, 4.69) is 5.32 Å². The molecule has 0 atom stereocenters. The number of anilines is 1. The molecule has 3 rings (SSSR count). The number of carbonyl (C=O) groups excluding carboxylic acids is 1. The zero-order valence-electron chi connectivity index (χ0n) is 20.5. The van der Waals surface area contributed by atoms with Crippen molar-refractivity contribution in [2.45, 2.75) is 23.1 Å². The van der Waals surface area contributed by atoms with Gasteiger partial charge in [-0.15, -0.1) is 0 Å². The van der Waals surface area contributed by atoms with E-state index in [0.717, 1.165) is 9.87 Å². The SMILES string of the molecule is CCOc1ccc(S(=O)(=O)N(C)c2ccc(OCC(=O)NCCc3ccc(S(N)(=O)=O)cc3)cc2)cc1. The Bertz CT molecular complexity index is 1410. The fourth-order valence-electron chi connectivity index (χ4n) is 3.32. The molecule has 0 fully saturated rings. The van der Waals surface area contributed by atoms with Crippen molar-refractivity contribution in [3.63, 3.8) is 0 Å². The summed E-state index contributed by atoms with van der Waals surface area (Å²) < 4.78 is 60.5. The number of hydrogen-bond donors (Lipinski definition) is 2. The minimum atomic E-state index is -3.77. The second-order valence-corrected chi connectivity index (χ2v) is 11.5. The minimum absolute atomic E-state index is 0.0275. The topological polar surface area (TPSA) is 145 Å². The number of ether oxygens (including phenoxy) is 2. The van der Waals surface area contributed by atoms with Gasteiger partial charge in [0.25, 0.3) is 15.9 Å². The van der Waals surface area contributed by atoms with Crippen LogP contribution in [0.4, 0.5) is 5.69 Å². The first-order valence-corrected chi connectivity index (χ1v) is 14.3. The molecule has 0 aliphatic rings. The van der Waals surface area contributed by atoms with Crippen molar-refractivity contribution in [2.75, 3.05) is 31.1 Å². The molecular weight excluding hydrogens is 518 g/mol. The van der Waals surface area contributed by atoms with Gasteiger partial charge in [0.2, 0.25) is 10.0 Å². The second-order valence-electron chi connectivity index (χ2n) is 7.95. The van der Waals surface area contributed by atoms with Crippen molar-refractivity contribution < 1.29 is 31.1 Å². The van der Waals surface area contributed by atoms with E-state index >= 15 is 0 Å². The van der Waals surface area contributed by atoms with E-state index in [0.29, 0.717) is 36.8 Å². The molecule has 10 nitrogen and oxygen atoms in total. The molecule has 0 aromatic heterocycles. The molecule has 3 aromatic carbocycles. The van der Waals surface area contributed by atoms with Gasteiger partial charge in [-0.2, -0.15) is 0 Å². The third-order valence-corrected chi connectivity index (χ3v) is 8.08. The lowest BCUT2D eigenvalue weighted by Gasteiger charge is -2.20. The Morgan fingerprint density at radius 3 is 1.95 bits per heavy atom. The average Bonchev–Trinajstić information content (AvgIpc) is 2.87. The molecule has 0 aliphatic heterocycles. The molecule has 0 spiro atoms. The number of nitrogens with one attached hydrogen (secondary N) is 1. The van der Waals surface area contributed by atoms with Crippen molar-refractivity contribution in [1.82, 2.24) is 5.32 Å². The summed E-state index contributed by atoms with van der Waals surface area (Å²) in [4.78, 5) is 12.3. The molecule has 3 N–H and O–H groups in total. The van der Waals surface area contributed by atoms with Crippen molar-refractivity contribution >= 4 is 31.6 Å². The number of carbonyl (C=O) groups is 1. The summed E-state index contributed by atoms with van der Waals surface area (Å²) in [5, 5.41) is 7.80. The Hall–Kier alpha value is -3.61. The van der Waals surface area contributed by atoms with Crippen LogP contribution in [0.1, 0.15) is 12.5 Å². The van der Waals surface area contributed by atoms with E-state index in [9.17, 15) is 21.6 Å². The highest BCUT2D eigenvalue weighted by molar-refractivity contribution is 7.92. The second kappa shape index (κ2) is 12.1. The van der Waals surface area contributed by atoms with Gasteiger partial charge in [0, 0.05) is 13.6 Å². The Kier molecular flexibility index (Phi) is 9.14. The fraction of sp³-hybridized carbons (Fsp3) is 0.240. The predicted molar refractivity (Wildman–Crippen MR) is 140 cm³/mol. The lowest BCUT2D eigenvalue weighted by Crippen LogP contribution is -2.30. The molecule has 1 amide bonds. The molecule has 37 heavy (non-hydrogen) atoms. The van der Waals surface area contributed by atoms with E-state index in [1.54, 1.807) is 48.5 Å². The summed E-state index contributed by atoms with van der Waals surface area (Å²) in [6.07, 6.45) is 0.500. The van der Waals surface area contributed by atoms with E-state index in [1.165, 1.54) is 31.3 Å². The normalized spacial score (nSPS) is 11.5. The highest BCUT2D eigenvalue weighted by Crippen LogP contribution is 2.25. The van der Waals surface area contributed by atoms with Crippen LogP contribution in [0.25, 0.3) is 0 Å². The molecule has 0 radical (unpaired) electrons. The Morgan fingerprint density at radius 1 is 0.838 bits per heavy atom. The zero-order valence-corrected chi connectivity index (χ0v) is 22.1. The third kappa shape index (κ3) is 7.68. The van der Waals surface area contributed by atoms with Crippen molar-refractivity contribution in [3.05, 3.63) is 78.4 Å². The zero-order chi connectivity index (χ0) is 27.1. The molecule has 0 unspecified atom stereocenters. The first-order chi connectivity index (χ1) is 17.5. The largest absolute Gasteiger partial charge is 0.494 e. The fourth-order valence-corrected chi connectivity index (χ4v) is 5.03. The van der Waals surface area contributed by atoms with Crippen LogP contribution in [-0.2, 0) is 31.3 Å². The van der Waals surface area contributed by atoms with Crippen LogP contribution in [0.2, 0.25) is 0 Å². The summed E-state index contributed by atoms with van der Waals surface area (Å²) in [5.41, 5.74) is 1.27. The van der Waals surface area contributed by atoms with Crippen molar-refractivity contribution in [3.8, 4) is 11.5 Å². The molecule has 0 saturated heterocycles. The van der Waals surface area contributed by atoms with Gasteiger partial charge in [0.05, 0.1) is 22.1 Å². The Morgan fingerprint density at radius 2 is 1.38 bits per heavy atom. The lowest BCUT2D eigenvalue weighted by molar-refractivity contribution is -0.123. The van der Waals surface area contributed by atoms with E-state index < -0.39 is 20.0 Å². The smallest absolute Gasteiger partial charge is 0.264 e. The summed E-state index contributed by atoms with van der Waals surface area (Å²) in [5.74, 6) is 0.665. The molecule has 0 bridgehead atoms. The number of nitrogens with two attached hydrogens (primary N) is 1. The van der Waals surface area contributed by atoms with Crippen LogP contribution < -0.4 is 24.2 Å². The monoisotopic (exact) mass is 547 g/mol. The summed E-state index contributed by atoms with van der Waals surface area (Å²) in [7, 11) is -6.05. The number of rotatable bonds is 12. The van der Waals surface area contributed by atoms with Crippen molar-refractivity contribution in [2.24, 2.45) is 5.14 Å². The summed E-state index contributed by atoms with van der Waals surface area (Å²) in [6, 6.07) is 18.6. The average molecular weight is 548 g/mol. The first kappa shape index (κ1) is 28.0. The maximum Gasteiger partial charge on any atom is 0.264 e. The number of benzene rings is 3. The lowest BCUT2D eigenvalue weighted by atomic mass is 10.1. The number of sulfonamides is 2. The molecule has 12 heteroatoms. The van der Waals surface area contributed by atoms with Gasteiger partial charge in [-0.25, -0.2) is 22.0 Å². The highest BCUT2D eigenvalue weighted by Gasteiger charge is 2.21.